The molecule has 2 aromatic heterocycles. The molecule has 0 aliphatic carbocycles. The van der Waals surface area contributed by atoms with Crippen LogP contribution < -0.4 is 5.56 Å². The minimum Gasteiger partial charge on any atom is -0.505 e. The Morgan fingerprint density at radius 1 is 0.771 bits per heavy atom. The first-order chi connectivity index (χ1) is 23.2. The highest BCUT2D eigenvalue weighted by Gasteiger charge is 2.19. The quantitative estimate of drug-likeness (QED) is 0.0642. The number of halogens is 1. The van der Waals surface area contributed by atoms with Crippen LogP contribution in [0.15, 0.2) is 126 Å². The van der Waals surface area contributed by atoms with Crippen molar-refractivity contribution in [1.29, 1.82) is 0 Å². The van der Waals surface area contributed by atoms with Gasteiger partial charge in [-0.05, 0) is 83.0 Å². The Balaban J connectivity index is 0.000000190. The number of unbranched alkanes of at least 4 members (excludes halogenated alkanes) is 1. The molecule has 0 aliphatic heterocycles. The zero-order valence-electron chi connectivity index (χ0n) is 25.5. The maximum Gasteiger partial charge on any atom is 0.358 e. The summed E-state index contributed by atoms with van der Waals surface area (Å²) in [5.74, 6) is -2.57. The van der Waals surface area contributed by atoms with Gasteiger partial charge in [0.2, 0.25) is 0 Å². The van der Waals surface area contributed by atoms with Gasteiger partial charge in [-0.1, -0.05) is 73.3 Å². The summed E-state index contributed by atoms with van der Waals surface area (Å²) in [4.78, 5) is 45.9. The Morgan fingerprint density at radius 2 is 1.31 bits per heavy atom. The molecule has 0 radical (unpaired) electrons. The average Bonchev–Trinajstić information content (AvgIpc) is 3.09. The fourth-order valence-corrected chi connectivity index (χ4v) is 6.85. The maximum absolute atomic E-state index is 12.4. The number of carbonyl (C=O) groups is 2. The Bertz CT molecular complexity index is 2160. The number of aromatic carboxylic acids is 1. The van der Waals surface area contributed by atoms with Crippen molar-refractivity contribution >= 4 is 72.9 Å². The predicted octanol–water partition coefficient (Wildman–Crippen LogP) is 8.89. The molecule has 0 atom stereocenters. The summed E-state index contributed by atoms with van der Waals surface area (Å²) in [7, 11) is 0. The molecule has 4 aromatic carbocycles. The summed E-state index contributed by atoms with van der Waals surface area (Å²) in [5, 5.41) is 31.3. The van der Waals surface area contributed by atoms with E-state index < -0.39 is 17.5 Å². The lowest BCUT2D eigenvalue weighted by Gasteiger charge is -2.09. The molecule has 0 saturated carbocycles. The van der Waals surface area contributed by atoms with Gasteiger partial charge in [0.05, 0.1) is 12.0 Å². The Kier molecular flexibility index (Phi) is 11.4. The first-order valence-electron chi connectivity index (χ1n) is 14.7. The number of nitrogens with zero attached hydrogens (tertiary/aromatic N) is 1. The Morgan fingerprint density at radius 3 is 1.85 bits per heavy atom. The molecular weight excluding hydrogens is 716 g/mol. The largest absolute Gasteiger partial charge is 0.505 e. The zero-order chi connectivity index (χ0) is 34.2. The molecule has 0 spiro atoms. The van der Waals surface area contributed by atoms with Crippen LogP contribution in [0.4, 0.5) is 0 Å². The number of rotatable bonds is 9. The number of nitrogens with one attached hydrogen (secondary N) is 1. The van der Waals surface area contributed by atoms with Gasteiger partial charge in [-0.3, -0.25) is 4.79 Å². The molecule has 12 heteroatoms. The number of fused-ring (bicyclic) bond motifs is 2. The minimum atomic E-state index is -1.26. The van der Waals surface area contributed by atoms with E-state index in [1.807, 2.05) is 85.8 Å². The molecule has 0 aliphatic rings. The number of carbonyl (C=O) groups excluding carboxylic acids is 1. The molecule has 48 heavy (non-hydrogen) atoms. The van der Waals surface area contributed by atoms with Crippen molar-refractivity contribution in [2.75, 3.05) is 6.61 Å². The number of ether oxygens (including phenoxy) is 1. The summed E-state index contributed by atoms with van der Waals surface area (Å²) in [6.07, 6.45) is 1.61. The van der Waals surface area contributed by atoms with Crippen LogP contribution in [-0.4, -0.2) is 43.8 Å². The molecule has 0 amide bonds. The molecular formula is C36H29BrN2O7S2. The van der Waals surface area contributed by atoms with Gasteiger partial charge in [0, 0.05) is 35.7 Å². The van der Waals surface area contributed by atoms with Crippen molar-refractivity contribution < 1.29 is 29.6 Å². The van der Waals surface area contributed by atoms with Crippen LogP contribution in [0.2, 0.25) is 0 Å². The first kappa shape index (κ1) is 34.6. The lowest BCUT2D eigenvalue weighted by Crippen LogP contribution is -2.16. The number of carboxylic acid groups (broad SMARTS) is 1. The van der Waals surface area contributed by atoms with Gasteiger partial charge in [-0.2, -0.15) is 0 Å². The van der Waals surface area contributed by atoms with Crippen molar-refractivity contribution in [2.45, 2.75) is 39.3 Å². The number of aromatic hydroxyl groups is 2. The fraction of sp³-hybridized carbons (Fsp3) is 0.111. The van der Waals surface area contributed by atoms with Gasteiger partial charge < -0.3 is 25.0 Å². The molecule has 6 rings (SSSR count). The van der Waals surface area contributed by atoms with Gasteiger partial charge in [-0.25, -0.2) is 14.6 Å². The number of pyridine rings is 2. The van der Waals surface area contributed by atoms with Crippen LogP contribution in [0.3, 0.4) is 0 Å². The molecule has 6 aromatic rings. The van der Waals surface area contributed by atoms with Crippen molar-refractivity contribution in [3.8, 4) is 11.5 Å². The smallest absolute Gasteiger partial charge is 0.358 e. The van der Waals surface area contributed by atoms with Crippen LogP contribution >= 0.6 is 39.5 Å². The fourth-order valence-electron chi connectivity index (χ4n) is 4.59. The predicted molar refractivity (Wildman–Crippen MR) is 191 cm³/mol. The summed E-state index contributed by atoms with van der Waals surface area (Å²) in [6, 6.07) is 30.3. The lowest BCUT2D eigenvalue weighted by atomic mass is 10.1. The number of H-pyrrole nitrogens is 1. The van der Waals surface area contributed by atoms with E-state index in [9.17, 15) is 24.6 Å². The summed E-state index contributed by atoms with van der Waals surface area (Å²) < 4.78 is 5.48. The SMILES string of the molecule is CCCCOC(=O)c1[nH]c(=O)c2cc(Sc3ccccc3)ccc2c1O.O=C(O)c1nc(Br)c2cc(Sc3ccccc3)ccc2c1O. The molecule has 4 N–H and O–H groups in total. The van der Waals surface area contributed by atoms with Crippen LogP contribution in [0, 0.1) is 0 Å². The molecule has 9 nitrogen and oxygen atoms in total. The van der Waals surface area contributed by atoms with Crippen LogP contribution in [0.5, 0.6) is 11.5 Å². The Hall–Kier alpha value is -4.78. The van der Waals surface area contributed by atoms with E-state index in [2.05, 4.69) is 25.9 Å². The second kappa shape index (κ2) is 15.9. The van der Waals surface area contributed by atoms with Gasteiger partial charge >= 0.3 is 11.9 Å². The lowest BCUT2D eigenvalue weighted by molar-refractivity contribution is 0.0488. The van der Waals surface area contributed by atoms with E-state index in [1.165, 1.54) is 11.8 Å². The average molecular weight is 746 g/mol. The molecule has 0 bridgehead atoms. The highest BCUT2D eigenvalue weighted by molar-refractivity contribution is 9.10. The van der Waals surface area contributed by atoms with Gasteiger partial charge in [0.15, 0.2) is 22.9 Å². The number of esters is 1. The third kappa shape index (κ3) is 8.19. The monoisotopic (exact) mass is 744 g/mol. The number of carboxylic acids is 1. The minimum absolute atomic E-state index is 0.206. The number of hydrogen-bond acceptors (Lipinski definition) is 9. The van der Waals surface area contributed by atoms with Crippen LogP contribution in [0.25, 0.3) is 21.5 Å². The maximum atomic E-state index is 12.4. The van der Waals surface area contributed by atoms with E-state index in [0.717, 1.165) is 32.4 Å². The van der Waals surface area contributed by atoms with E-state index in [-0.39, 0.29) is 29.5 Å². The van der Waals surface area contributed by atoms with Gasteiger partial charge in [0.1, 0.15) is 4.60 Å². The summed E-state index contributed by atoms with van der Waals surface area (Å²) in [5.41, 5.74) is -0.999. The highest BCUT2D eigenvalue weighted by atomic mass is 79.9. The second-order valence-electron chi connectivity index (χ2n) is 10.3. The molecule has 2 heterocycles. The second-order valence-corrected chi connectivity index (χ2v) is 13.4. The topological polar surface area (TPSA) is 150 Å². The van der Waals surface area contributed by atoms with Crippen molar-refractivity contribution in [2.24, 2.45) is 0 Å². The molecule has 0 fully saturated rings. The van der Waals surface area contributed by atoms with Gasteiger partial charge in [-0.15, -0.1) is 0 Å². The molecule has 0 unspecified atom stereocenters. The van der Waals surface area contributed by atoms with Crippen LogP contribution in [0.1, 0.15) is 40.7 Å². The van der Waals surface area contributed by atoms with E-state index in [1.54, 1.807) is 30.0 Å². The van der Waals surface area contributed by atoms with E-state index >= 15 is 0 Å². The number of hydrogen-bond donors (Lipinski definition) is 4. The zero-order valence-corrected chi connectivity index (χ0v) is 28.7. The summed E-state index contributed by atoms with van der Waals surface area (Å²) in [6.45, 7) is 2.23. The number of aromatic nitrogens is 2. The van der Waals surface area contributed by atoms with E-state index in [4.69, 9.17) is 9.84 Å². The molecule has 0 saturated heterocycles. The normalized spacial score (nSPS) is 10.8. The van der Waals surface area contributed by atoms with Crippen molar-refractivity contribution in [3.63, 3.8) is 0 Å². The summed E-state index contributed by atoms with van der Waals surface area (Å²) >= 11 is 6.37. The molecule has 244 valence electrons. The highest BCUT2D eigenvalue weighted by Crippen LogP contribution is 2.37. The van der Waals surface area contributed by atoms with E-state index in [0.29, 0.717) is 26.1 Å². The van der Waals surface area contributed by atoms with Crippen molar-refractivity contribution in [1.82, 2.24) is 9.97 Å². The van der Waals surface area contributed by atoms with Crippen LogP contribution in [-0.2, 0) is 4.74 Å². The third-order valence-electron chi connectivity index (χ3n) is 6.96. The first-order valence-corrected chi connectivity index (χ1v) is 17.2. The van der Waals surface area contributed by atoms with Crippen molar-refractivity contribution in [3.05, 3.63) is 123 Å². The standard InChI is InChI=1S/C20H19NO4S.C16H10BrNO3S/c1-2-3-11-25-20(24)17-18(22)15-10-9-14(12-16(15)19(23)21-17)26-13-7-5-4-6-8-13;17-15-12-8-10(22-9-4-2-1-3-5-9)6-7-11(12)14(19)13(18-15)16(20)21/h4-10,12,22H,2-3,11H2,1H3,(H,21,23);1-8,19H,(H,20,21). The van der Waals surface area contributed by atoms with Gasteiger partial charge in [0.25, 0.3) is 5.56 Å². The number of aromatic amines is 1. The Labute approximate surface area is 292 Å². The number of benzene rings is 4. The third-order valence-corrected chi connectivity index (χ3v) is 9.56.